The summed E-state index contributed by atoms with van der Waals surface area (Å²) in [5.41, 5.74) is 4.41. The number of nitrogens with one attached hydrogen (secondary N) is 1. The van der Waals surface area contributed by atoms with E-state index in [1.54, 1.807) is 0 Å². The van der Waals surface area contributed by atoms with Gasteiger partial charge in [0.1, 0.15) is 0 Å². The fourth-order valence-corrected chi connectivity index (χ4v) is 3.06. The van der Waals surface area contributed by atoms with Gasteiger partial charge in [-0.3, -0.25) is 15.1 Å². The number of nitrogens with two attached hydrogens (primary N) is 1. The van der Waals surface area contributed by atoms with Gasteiger partial charge in [0.25, 0.3) is 0 Å². The maximum atomic E-state index is 11.5. The first kappa shape index (κ1) is 15.9. The molecule has 1 aromatic rings. The topological polar surface area (TPSA) is 78.6 Å². The molecule has 0 radical (unpaired) electrons. The molecule has 1 heterocycles. The minimum Gasteiger partial charge on any atom is -0.396 e. The van der Waals surface area contributed by atoms with Crippen LogP contribution in [0.4, 0.5) is 0 Å². The van der Waals surface area contributed by atoms with E-state index in [1.165, 1.54) is 18.4 Å². The van der Waals surface area contributed by atoms with Gasteiger partial charge in [-0.15, -0.1) is 0 Å². The molecule has 21 heavy (non-hydrogen) atoms. The SMILES string of the molecule is NNC(=O)Cc1ccccc1CN1CCCC(CCO)C1. The van der Waals surface area contributed by atoms with Gasteiger partial charge < -0.3 is 5.11 Å². The fourth-order valence-electron chi connectivity index (χ4n) is 3.06. The van der Waals surface area contributed by atoms with E-state index in [2.05, 4.69) is 16.4 Å². The summed E-state index contributed by atoms with van der Waals surface area (Å²) in [6, 6.07) is 8.02. The Bertz CT molecular complexity index is 463. The van der Waals surface area contributed by atoms with Crippen molar-refractivity contribution in [1.82, 2.24) is 10.3 Å². The van der Waals surface area contributed by atoms with E-state index in [4.69, 9.17) is 10.9 Å². The first-order chi connectivity index (χ1) is 10.2. The highest BCUT2D eigenvalue weighted by molar-refractivity contribution is 5.78. The second kappa shape index (κ2) is 8.12. The van der Waals surface area contributed by atoms with Gasteiger partial charge >= 0.3 is 0 Å². The molecule has 5 heteroatoms. The van der Waals surface area contributed by atoms with Gasteiger partial charge in [-0.2, -0.15) is 0 Å². The van der Waals surface area contributed by atoms with Gasteiger partial charge in [0, 0.05) is 19.7 Å². The molecule has 1 aliphatic rings. The number of carbonyl (C=O) groups is 1. The average Bonchev–Trinajstić information content (AvgIpc) is 2.50. The predicted molar refractivity (Wildman–Crippen MR) is 82.2 cm³/mol. The zero-order valence-corrected chi connectivity index (χ0v) is 12.4. The molecule has 1 aromatic carbocycles. The molecule has 2 rings (SSSR count). The Morgan fingerprint density at radius 1 is 1.38 bits per heavy atom. The maximum Gasteiger partial charge on any atom is 0.238 e. The van der Waals surface area contributed by atoms with Crippen molar-refractivity contribution in [3.05, 3.63) is 35.4 Å². The summed E-state index contributed by atoms with van der Waals surface area (Å²) >= 11 is 0. The molecule has 116 valence electrons. The third-order valence-electron chi connectivity index (χ3n) is 4.16. The van der Waals surface area contributed by atoms with Crippen LogP contribution in [0.25, 0.3) is 0 Å². The summed E-state index contributed by atoms with van der Waals surface area (Å²) in [4.78, 5) is 13.9. The standard InChI is InChI=1S/C16H25N3O2/c17-18-16(21)10-14-5-1-2-6-15(14)12-19-8-3-4-13(11-19)7-9-20/h1-2,5-6,13,20H,3-4,7-12,17H2,(H,18,21). The first-order valence-electron chi connectivity index (χ1n) is 7.62. The van der Waals surface area contributed by atoms with E-state index in [0.717, 1.165) is 31.6 Å². The number of carbonyl (C=O) groups excluding carboxylic acids is 1. The lowest BCUT2D eigenvalue weighted by Crippen LogP contribution is -2.36. The number of piperidine rings is 1. The normalized spacial score (nSPS) is 19.4. The van der Waals surface area contributed by atoms with Crippen LogP contribution in [0.15, 0.2) is 24.3 Å². The highest BCUT2D eigenvalue weighted by Crippen LogP contribution is 2.22. The smallest absolute Gasteiger partial charge is 0.238 e. The molecular formula is C16H25N3O2. The zero-order valence-electron chi connectivity index (χ0n) is 12.4. The van der Waals surface area contributed by atoms with Crippen LogP contribution >= 0.6 is 0 Å². The van der Waals surface area contributed by atoms with Crippen LogP contribution in [0.5, 0.6) is 0 Å². The number of hydrogen-bond acceptors (Lipinski definition) is 4. The van der Waals surface area contributed by atoms with E-state index >= 15 is 0 Å². The van der Waals surface area contributed by atoms with Crippen molar-refractivity contribution in [2.75, 3.05) is 19.7 Å². The van der Waals surface area contributed by atoms with Gasteiger partial charge in [-0.05, 0) is 42.9 Å². The summed E-state index contributed by atoms with van der Waals surface area (Å²) in [6.07, 6.45) is 3.58. The van der Waals surface area contributed by atoms with Crippen molar-refractivity contribution in [3.63, 3.8) is 0 Å². The summed E-state index contributed by atoms with van der Waals surface area (Å²) in [5, 5.41) is 9.09. The number of aliphatic hydroxyl groups is 1. The third-order valence-corrected chi connectivity index (χ3v) is 4.16. The molecule has 1 unspecified atom stereocenters. The zero-order chi connectivity index (χ0) is 15.1. The molecule has 1 saturated heterocycles. The van der Waals surface area contributed by atoms with E-state index in [-0.39, 0.29) is 12.5 Å². The van der Waals surface area contributed by atoms with Crippen LogP contribution < -0.4 is 11.3 Å². The average molecular weight is 291 g/mol. The fraction of sp³-hybridized carbons (Fsp3) is 0.562. The Hall–Kier alpha value is -1.43. The Morgan fingerprint density at radius 2 is 2.14 bits per heavy atom. The Labute approximate surface area is 126 Å². The molecule has 1 fully saturated rings. The van der Waals surface area contributed by atoms with E-state index in [1.807, 2.05) is 18.2 Å². The molecule has 0 aliphatic carbocycles. The van der Waals surface area contributed by atoms with Gasteiger partial charge in [0.05, 0.1) is 6.42 Å². The molecular weight excluding hydrogens is 266 g/mol. The van der Waals surface area contributed by atoms with Crippen LogP contribution in [0.3, 0.4) is 0 Å². The van der Waals surface area contributed by atoms with Crippen LogP contribution in [0.2, 0.25) is 0 Å². The molecule has 0 spiro atoms. The Morgan fingerprint density at radius 3 is 2.86 bits per heavy atom. The molecule has 4 N–H and O–H groups in total. The van der Waals surface area contributed by atoms with Gasteiger partial charge in [0.2, 0.25) is 5.91 Å². The van der Waals surface area contributed by atoms with Crippen LogP contribution in [0.1, 0.15) is 30.4 Å². The molecule has 5 nitrogen and oxygen atoms in total. The van der Waals surface area contributed by atoms with Crippen molar-refractivity contribution in [1.29, 1.82) is 0 Å². The highest BCUT2D eigenvalue weighted by atomic mass is 16.3. The summed E-state index contributed by atoms with van der Waals surface area (Å²) < 4.78 is 0. The molecule has 0 bridgehead atoms. The number of likely N-dealkylation sites (tertiary alicyclic amines) is 1. The summed E-state index contributed by atoms with van der Waals surface area (Å²) in [5.74, 6) is 5.59. The number of hydrogen-bond donors (Lipinski definition) is 3. The lowest BCUT2D eigenvalue weighted by Gasteiger charge is -2.33. The molecule has 1 amide bonds. The van der Waals surface area contributed by atoms with E-state index < -0.39 is 0 Å². The number of nitrogens with zero attached hydrogens (tertiary/aromatic N) is 1. The molecule has 1 atom stereocenters. The third kappa shape index (κ3) is 4.81. The van der Waals surface area contributed by atoms with Crippen molar-refractivity contribution in [2.24, 2.45) is 11.8 Å². The van der Waals surface area contributed by atoms with E-state index in [0.29, 0.717) is 12.3 Å². The van der Waals surface area contributed by atoms with Crippen LogP contribution in [-0.2, 0) is 17.8 Å². The number of benzene rings is 1. The van der Waals surface area contributed by atoms with Crippen molar-refractivity contribution in [3.8, 4) is 0 Å². The second-order valence-corrected chi connectivity index (χ2v) is 5.77. The minimum atomic E-state index is -0.167. The first-order valence-corrected chi connectivity index (χ1v) is 7.62. The highest BCUT2D eigenvalue weighted by Gasteiger charge is 2.20. The molecule has 1 aliphatic heterocycles. The lowest BCUT2D eigenvalue weighted by atomic mass is 9.94. The van der Waals surface area contributed by atoms with Crippen molar-refractivity contribution in [2.45, 2.75) is 32.2 Å². The van der Waals surface area contributed by atoms with Gasteiger partial charge in [0.15, 0.2) is 0 Å². The lowest BCUT2D eigenvalue weighted by molar-refractivity contribution is -0.120. The van der Waals surface area contributed by atoms with Crippen molar-refractivity contribution >= 4 is 5.91 Å². The Balaban J connectivity index is 2.00. The van der Waals surface area contributed by atoms with Gasteiger partial charge in [-0.1, -0.05) is 24.3 Å². The minimum absolute atomic E-state index is 0.167. The predicted octanol–water partition coefficient (Wildman–Crippen LogP) is 0.813. The summed E-state index contributed by atoms with van der Waals surface area (Å²) in [6.45, 7) is 3.24. The largest absolute Gasteiger partial charge is 0.396 e. The maximum absolute atomic E-state index is 11.5. The van der Waals surface area contributed by atoms with Gasteiger partial charge in [-0.25, -0.2) is 5.84 Å². The van der Waals surface area contributed by atoms with Crippen LogP contribution in [0, 0.1) is 5.92 Å². The number of aliphatic hydroxyl groups excluding tert-OH is 1. The summed E-state index contributed by atoms with van der Waals surface area (Å²) in [7, 11) is 0. The monoisotopic (exact) mass is 291 g/mol. The molecule has 0 saturated carbocycles. The number of rotatable bonds is 6. The van der Waals surface area contributed by atoms with E-state index in [9.17, 15) is 4.79 Å². The molecule has 0 aromatic heterocycles. The quantitative estimate of drug-likeness (QED) is 0.412. The van der Waals surface area contributed by atoms with Crippen LogP contribution in [-0.4, -0.2) is 35.6 Å². The number of amides is 1. The van der Waals surface area contributed by atoms with Crippen molar-refractivity contribution < 1.29 is 9.90 Å². The number of hydrazine groups is 1. The Kier molecular flexibility index (Phi) is 6.17. The second-order valence-electron chi connectivity index (χ2n) is 5.77.